The van der Waals surface area contributed by atoms with Gasteiger partial charge in [-0.3, -0.25) is 4.79 Å². The fourth-order valence-electron chi connectivity index (χ4n) is 2.65. The SMILES string of the molecule is C=CCN[C@H]1COC(=O)C1(CCC)CCC. The Labute approximate surface area is 98.2 Å². The molecule has 0 aromatic heterocycles. The number of hydrogen-bond acceptors (Lipinski definition) is 3. The average Bonchev–Trinajstić information content (AvgIpc) is 2.56. The molecule has 1 heterocycles. The first kappa shape index (κ1) is 13.2. The van der Waals surface area contributed by atoms with Crippen molar-refractivity contribution in [2.45, 2.75) is 45.6 Å². The summed E-state index contributed by atoms with van der Waals surface area (Å²) in [5.74, 6) is -0.0160. The van der Waals surface area contributed by atoms with Gasteiger partial charge in [-0.1, -0.05) is 32.8 Å². The monoisotopic (exact) mass is 225 g/mol. The number of esters is 1. The molecule has 0 amide bonds. The van der Waals surface area contributed by atoms with Gasteiger partial charge >= 0.3 is 5.97 Å². The molecule has 0 aliphatic carbocycles. The third kappa shape index (κ3) is 2.46. The van der Waals surface area contributed by atoms with Crippen molar-refractivity contribution in [2.24, 2.45) is 5.41 Å². The van der Waals surface area contributed by atoms with Crippen LogP contribution >= 0.6 is 0 Å². The quantitative estimate of drug-likeness (QED) is 0.533. The lowest BCUT2D eigenvalue weighted by atomic mass is 9.74. The minimum Gasteiger partial charge on any atom is -0.464 e. The number of nitrogens with one attached hydrogen (secondary N) is 1. The molecule has 0 unspecified atom stereocenters. The maximum Gasteiger partial charge on any atom is 0.313 e. The van der Waals surface area contributed by atoms with Gasteiger partial charge in [-0.25, -0.2) is 0 Å². The molecule has 0 radical (unpaired) electrons. The van der Waals surface area contributed by atoms with Crippen molar-refractivity contribution in [1.29, 1.82) is 0 Å². The van der Waals surface area contributed by atoms with E-state index in [0.717, 1.165) is 32.2 Å². The predicted octanol–water partition coefficient (Wildman–Crippen LogP) is 2.27. The normalized spacial score (nSPS) is 23.1. The molecule has 1 aliphatic rings. The molecular formula is C13H23NO2. The fraction of sp³-hybridized carbons (Fsp3) is 0.769. The summed E-state index contributed by atoms with van der Waals surface area (Å²) in [7, 11) is 0. The van der Waals surface area contributed by atoms with Crippen molar-refractivity contribution in [3.63, 3.8) is 0 Å². The highest BCUT2D eigenvalue weighted by molar-refractivity contribution is 5.80. The summed E-state index contributed by atoms with van der Waals surface area (Å²) in [6.07, 6.45) is 5.68. The van der Waals surface area contributed by atoms with Crippen LogP contribution in [0.3, 0.4) is 0 Å². The highest BCUT2D eigenvalue weighted by Crippen LogP contribution is 2.39. The molecule has 1 atom stereocenters. The van der Waals surface area contributed by atoms with Crippen molar-refractivity contribution in [1.82, 2.24) is 5.32 Å². The molecule has 1 aliphatic heterocycles. The van der Waals surface area contributed by atoms with Crippen LogP contribution in [-0.4, -0.2) is 25.2 Å². The van der Waals surface area contributed by atoms with Crippen molar-refractivity contribution in [3.05, 3.63) is 12.7 Å². The van der Waals surface area contributed by atoms with Gasteiger partial charge in [0.15, 0.2) is 0 Å². The summed E-state index contributed by atoms with van der Waals surface area (Å²) in [6, 6.07) is 0.151. The lowest BCUT2D eigenvalue weighted by Crippen LogP contribution is -2.46. The van der Waals surface area contributed by atoms with Crippen LogP contribution in [0.15, 0.2) is 12.7 Å². The van der Waals surface area contributed by atoms with E-state index in [9.17, 15) is 4.79 Å². The minimum atomic E-state index is -0.299. The van der Waals surface area contributed by atoms with E-state index < -0.39 is 0 Å². The Kier molecular flexibility index (Phi) is 5.00. The van der Waals surface area contributed by atoms with Gasteiger partial charge in [-0.2, -0.15) is 0 Å². The van der Waals surface area contributed by atoms with E-state index in [1.54, 1.807) is 0 Å². The molecule has 1 rings (SSSR count). The van der Waals surface area contributed by atoms with E-state index in [-0.39, 0.29) is 17.4 Å². The van der Waals surface area contributed by atoms with Crippen molar-refractivity contribution < 1.29 is 9.53 Å². The first-order chi connectivity index (χ1) is 7.71. The van der Waals surface area contributed by atoms with Crippen LogP contribution in [0.2, 0.25) is 0 Å². The van der Waals surface area contributed by atoms with Gasteiger partial charge in [0.2, 0.25) is 0 Å². The van der Waals surface area contributed by atoms with Gasteiger partial charge in [-0.15, -0.1) is 6.58 Å². The number of cyclic esters (lactones) is 1. The highest BCUT2D eigenvalue weighted by Gasteiger charge is 2.50. The van der Waals surface area contributed by atoms with Crippen molar-refractivity contribution in [2.75, 3.05) is 13.2 Å². The van der Waals surface area contributed by atoms with Gasteiger partial charge in [0.05, 0.1) is 11.5 Å². The topological polar surface area (TPSA) is 38.3 Å². The van der Waals surface area contributed by atoms with Crippen LogP contribution in [0.4, 0.5) is 0 Å². The first-order valence-corrected chi connectivity index (χ1v) is 6.22. The number of rotatable bonds is 7. The second-order valence-corrected chi connectivity index (χ2v) is 4.50. The Balaban J connectivity index is 2.79. The van der Waals surface area contributed by atoms with Crippen LogP contribution in [0.5, 0.6) is 0 Å². The average molecular weight is 225 g/mol. The van der Waals surface area contributed by atoms with Crippen LogP contribution in [0, 0.1) is 5.41 Å². The van der Waals surface area contributed by atoms with E-state index >= 15 is 0 Å². The Morgan fingerprint density at radius 3 is 2.62 bits per heavy atom. The van der Waals surface area contributed by atoms with Crippen LogP contribution < -0.4 is 5.32 Å². The van der Waals surface area contributed by atoms with Crippen LogP contribution in [-0.2, 0) is 9.53 Å². The largest absolute Gasteiger partial charge is 0.464 e. The summed E-state index contributed by atoms with van der Waals surface area (Å²) in [6.45, 7) is 9.17. The molecule has 0 saturated carbocycles. The molecule has 16 heavy (non-hydrogen) atoms. The molecule has 1 fully saturated rings. The van der Waals surface area contributed by atoms with Crippen molar-refractivity contribution >= 4 is 5.97 Å². The number of hydrogen-bond donors (Lipinski definition) is 1. The minimum absolute atomic E-state index is 0.0160. The van der Waals surface area contributed by atoms with Crippen LogP contribution in [0.1, 0.15) is 39.5 Å². The summed E-state index contributed by atoms with van der Waals surface area (Å²) < 4.78 is 5.25. The molecule has 1 saturated heterocycles. The molecule has 1 N–H and O–H groups in total. The van der Waals surface area contributed by atoms with Gasteiger partial charge in [0, 0.05) is 6.54 Å². The van der Waals surface area contributed by atoms with Gasteiger partial charge in [0.25, 0.3) is 0 Å². The zero-order valence-electron chi connectivity index (χ0n) is 10.4. The maximum absolute atomic E-state index is 12.0. The predicted molar refractivity (Wildman–Crippen MR) is 65.2 cm³/mol. The molecule has 0 bridgehead atoms. The van der Waals surface area contributed by atoms with E-state index in [1.807, 2.05) is 6.08 Å². The molecule has 3 nitrogen and oxygen atoms in total. The number of carbonyl (C=O) groups excluding carboxylic acids is 1. The van der Waals surface area contributed by atoms with Gasteiger partial charge < -0.3 is 10.1 Å². The Hall–Kier alpha value is -0.830. The third-order valence-corrected chi connectivity index (χ3v) is 3.36. The maximum atomic E-state index is 12.0. The zero-order valence-corrected chi connectivity index (χ0v) is 10.4. The molecule has 0 spiro atoms. The first-order valence-electron chi connectivity index (χ1n) is 6.22. The molecule has 92 valence electrons. The third-order valence-electron chi connectivity index (χ3n) is 3.36. The summed E-state index contributed by atoms with van der Waals surface area (Å²) >= 11 is 0. The highest BCUT2D eigenvalue weighted by atomic mass is 16.5. The Morgan fingerprint density at radius 1 is 1.50 bits per heavy atom. The second kappa shape index (κ2) is 6.04. The molecule has 3 heteroatoms. The van der Waals surface area contributed by atoms with Gasteiger partial charge in [-0.05, 0) is 12.8 Å². The zero-order chi connectivity index (χ0) is 12.0. The van der Waals surface area contributed by atoms with E-state index in [0.29, 0.717) is 6.61 Å². The molecule has 0 aromatic rings. The molecular weight excluding hydrogens is 202 g/mol. The van der Waals surface area contributed by atoms with E-state index in [2.05, 4.69) is 25.7 Å². The standard InChI is InChI=1S/C13H23NO2/c1-4-7-13(8-5-2)11(14-9-6-3)10-16-12(13)15/h6,11,14H,3-5,7-10H2,1-2H3/t11-/m0/s1. The van der Waals surface area contributed by atoms with E-state index in [1.165, 1.54) is 0 Å². The summed E-state index contributed by atoms with van der Waals surface area (Å²) in [5, 5.41) is 3.36. The van der Waals surface area contributed by atoms with E-state index in [4.69, 9.17) is 4.74 Å². The Morgan fingerprint density at radius 2 is 2.12 bits per heavy atom. The van der Waals surface area contributed by atoms with Crippen LogP contribution in [0.25, 0.3) is 0 Å². The lowest BCUT2D eigenvalue weighted by molar-refractivity contribution is -0.147. The van der Waals surface area contributed by atoms with Gasteiger partial charge in [0.1, 0.15) is 6.61 Å². The fourth-order valence-corrected chi connectivity index (χ4v) is 2.65. The number of carbonyl (C=O) groups is 1. The summed E-state index contributed by atoms with van der Waals surface area (Å²) in [5.41, 5.74) is -0.299. The van der Waals surface area contributed by atoms with Crippen molar-refractivity contribution in [3.8, 4) is 0 Å². The smallest absolute Gasteiger partial charge is 0.313 e. The second-order valence-electron chi connectivity index (χ2n) is 4.50. The number of ether oxygens (including phenoxy) is 1. The molecule has 0 aromatic carbocycles. The lowest BCUT2D eigenvalue weighted by Gasteiger charge is -2.30. The Bertz CT molecular complexity index is 244. The summed E-state index contributed by atoms with van der Waals surface area (Å²) in [4.78, 5) is 12.0.